The SMILES string of the molecule is CCC(NC(C)C(=O)NCC(C)C)c1ccc(OC)cc1. The molecule has 1 aromatic rings. The second-order valence-corrected chi connectivity index (χ2v) is 5.76. The molecule has 0 aliphatic carbocycles. The van der Waals surface area contributed by atoms with Crippen LogP contribution in [0.25, 0.3) is 0 Å². The smallest absolute Gasteiger partial charge is 0.236 e. The largest absolute Gasteiger partial charge is 0.497 e. The van der Waals surface area contributed by atoms with Gasteiger partial charge in [0.2, 0.25) is 5.91 Å². The Morgan fingerprint density at radius 3 is 2.29 bits per heavy atom. The van der Waals surface area contributed by atoms with Gasteiger partial charge in [-0.15, -0.1) is 0 Å². The first-order chi connectivity index (χ1) is 9.97. The summed E-state index contributed by atoms with van der Waals surface area (Å²) in [7, 11) is 1.66. The molecule has 2 atom stereocenters. The summed E-state index contributed by atoms with van der Waals surface area (Å²) in [6.07, 6.45) is 0.925. The molecule has 0 saturated heterocycles. The minimum absolute atomic E-state index is 0.0515. The van der Waals surface area contributed by atoms with Crippen LogP contribution >= 0.6 is 0 Å². The molecular weight excluding hydrogens is 264 g/mol. The van der Waals surface area contributed by atoms with E-state index < -0.39 is 0 Å². The number of hydrogen-bond acceptors (Lipinski definition) is 3. The van der Waals surface area contributed by atoms with E-state index in [1.165, 1.54) is 5.56 Å². The molecule has 0 spiro atoms. The predicted octanol–water partition coefficient (Wildman–Crippen LogP) is 2.90. The van der Waals surface area contributed by atoms with Gasteiger partial charge in [-0.3, -0.25) is 10.1 Å². The Morgan fingerprint density at radius 1 is 1.19 bits per heavy atom. The van der Waals surface area contributed by atoms with Crippen molar-refractivity contribution in [2.45, 2.75) is 46.2 Å². The van der Waals surface area contributed by atoms with E-state index in [1.54, 1.807) is 7.11 Å². The fraction of sp³-hybridized carbons (Fsp3) is 0.588. The number of nitrogens with one attached hydrogen (secondary N) is 2. The fourth-order valence-electron chi connectivity index (χ4n) is 2.12. The number of benzene rings is 1. The van der Waals surface area contributed by atoms with Crippen molar-refractivity contribution in [1.29, 1.82) is 0 Å². The van der Waals surface area contributed by atoms with Crippen LogP contribution < -0.4 is 15.4 Å². The van der Waals surface area contributed by atoms with Crippen LogP contribution in [0.3, 0.4) is 0 Å². The maximum absolute atomic E-state index is 12.0. The number of ether oxygens (including phenoxy) is 1. The number of carbonyl (C=O) groups is 1. The van der Waals surface area contributed by atoms with Gasteiger partial charge in [0, 0.05) is 12.6 Å². The number of rotatable bonds is 8. The zero-order valence-electron chi connectivity index (χ0n) is 13.8. The van der Waals surface area contributed by atoms with Crippen LogP contribution in [0.1, 0.15) is 45.7 Å². The third-order valence-electron chi connectivity index (χ3n) is 3.46. The van der Waals surface area contributed by atoms with Gasteiger partial charge in [0.1, 0.15) is 5.75 Å². The van der Waals surface area contributed by atoms with E-state index >= 15 is 0 Å². The van der Waals surface area contributed by atoms with Crippen molar-refractivity contribution >= 4 is 5.91 Å². The quantitative estimate of drug-likeness (QED) is 0.774. The van der Waals surface area contributed by atoms with Crippen molar-refractivity contribution in [3.05, 3.63) is 29.8 Å². The second kappa shape index (κ2) is 8.67. The number of amides is 1. The van der Waals surface area contributed by atoms with Gasteiger partial charge in [0.15, 0.2) is 0 Å². The van der Waals surface area contributed by atoms with Crippen molar-refractivity contribution in [2.75, 3.05) is 13.7 Å². The average molecular weight is 292 g/mol. The molecule has 0 aliphatic heterocycles. The fourth-order valence-corrected chi connectivity index (χ4v) is 2.12. The molecule has 0 heterocycles. The van der Waals surface area contributed by atoms with Crippen molar-refractivity contribution in [3.63, 3.8) is 0 Å². The highest BCUT2D eigenvalue weighted by Gasteiger charge is 2.18. The maximum Gasteiger partial charge on any atom is 0.236 e. The van der Waals surface area contributed by atoms with E-state index in [1.807, 2.05) is 31.2 Å². The van der Waals surface area contributed by atoms with Gasteiger partial charge >= 0.3 is 0 Å². The minimum Gasteiger partial charge on any atom is -0.497 e. The average Bonchev–Trinajstić information content (AvgIpc) is 2.50. The predicted molar refractivity (Wildman–Crippen MR) is 86.5 cm³/mol. The van der Waals surface area contributed by atoms with E-state index in [2.05, 4.69) is 31.4 Å². The molecule has 0 fully saturated rings. The summed E-state index contributed by atoms with van der Waals surface area (Å²) in [6, 6.07) is 7.93. The van der Waals surface area contributed by atoms with Crippen LogP contribution in [-0.4, -0.2) is 25.6 Å². The van der Waals surface area contributed by atoms with Gasteiger partial charge < -0.3 is 10.1 Å². The van der Waals surface area contributed by atoms with Crippen LogP contribution in [-0.2, 0) is 4.79 Å². The molecular formula is C17H28N2O2. The Labute approximate surface area is 128 Å². The molecule has 2 unspecified atom stereocenters. The second-order valence-electron chi connectivity index (χ2n) is 5.76. The monoisotopic (exact) mass is 292 g/mol. The third kappa shape index (κ3) is 5.76. The zero-order valence-corrected chi connectivity index (χ0v) is 13.8. The van der Waals surface area contributed by atoms with E-state index in [-0.39, 0.29) is 18.0 Å². The lowest BCUT2D eigenvalue weighted by atomic mass is 10.0. The normalized spacial score (nSPS) is 13.8. The molecule has 4 heteroatoms. The summed E-state index contributed by atoms with van der Waals surface area (Å²) < 4.78 is 5.17. The summed E-state index contributed by atoms with van der Waals surface area (Å²) in [5.74, 6) is 1.36. The third-order valence-corrected chi connectivity index (χ3v) is 3.46. The van der Waals surface area contributed by atoms with Crippen molar-refractivity contribution in [2.24, 2.45) is 5.92 Å². The van der Waals surface area contributed by atoms with Crippen LogP contribution in [0.15, 0.2) is 24.3 Å². The summed E-state index contributed by atoms with van der Waals surface area (Å²) in [6.45, 7) is 8.90. The first-order valence-corrected chi connectivity index (χ1v) is 7.65. The van der Waals surface area contributed by atoms with Gasteiger partial charge in [0.05, 0.1) is 13.2 Å². The number of hydrogen-bond donors (Lipinski definition) is 2. The summed E-state index contributed by atoms with van der Waals surface area (Å²) in [4.78, 5) is 12.0. The van der Waals surface area contributed by atoms with Gasteiger partial charge in [-0.25, -0.2) is 0 Å². The molecule has 0 bridgehead atoms. The standard InChI is InChI=1S/C17H28N2O2/c1-6-16(14-7-9-15(21-5)10-8-14)19-13(4)17(20)18-11-12(2)3/h7-10,12-13,16,19H,6,11H2,1-5H3,(H,18,20). The lowest BCUT2D eigenvalue weighted by molar-refractivity contribution is -0.123. The van der Waals surface area contributed by atoms with E-state index in [4.69, 9.17) is 4.74 Å². The first-order valence-electron chi connectivity index (χ1n) is 7.65. The summed E-state index contributed by atoms with van der Waals surface area (Å²) in [5, 5.41) is 6.35. The molecule has 0 aromatic heterocycles. The van der Waals surface area contributed by atoms with E-state index in [0.29, 0.717) is 12.5 Å². The van der Waals surface area contributed by atoms with Crippen molar-refractivity contribution in [1.82, 2.24) is 10.6 Å². The Balaban J connectivity index is 2.61. The van der Waals surface area contributed by atoms with Crippen molar-refractivity contribution in [3.8, 4) is 5.75 Å². The highest BCUT2D eigenvalue weighted by atomic mass is 16.5. The number of carbonyl (C=O) groups excluding carboxylic acids is 1. The molecule has 1 rings (SSSR count). The molecule has 4 nitrogen and oxygen atoms in total. The molecule has 1 amide bonds. The lowest BCUT2D eigenvalue weighted by Crippen LogP contribution is -2.44. The van der Waals surface area contributed by atoms with Crippen LogP contribution in [0.4, 0.5) is 0 Å². The van der Waals surface area contributed by atoms with Gasteiger partial charge in [-0.1, -0.05) is 32.9 Å². The highest BCUT2D eigenvalue weighted by molar-refractivity contribution is 5.81. The summed E-state index contributed by atoms with van der Waals surface area (Å²) in [5.41, 5.74) is 1.17. The zero-order chi connectivity index (χ0) is 15.8. The highest BCUT2D eigenvalue weighted by Crippen LogP contribution is 2.20. The summed E-state index contributed by atoms with van der Waals surface area (Å²) >= 11 is 0. The lowest BCUT2D eigenvalue weighted by Gasteiger charge is -2.23. The van der Waals surface area contributed by atoms with Crippen LogP contribution in [0, 0.1) is 5.92 Å². The minimum atomic E-state index is -0.212. The molecule has 0 saturated carbocycles. The van der Waals surface area contributed by atoms with E-state index in [0.717, 1.165) is 12.2 Å². The Bertz CT molecular complexity index is 429. The van der Waals surface area contributed by atoms with Gasteiger partial charge in [-0.05, 0) is 37.0 Å². The molecule has 0 radical (unpaired) electrons. The maximum atomic E-state index is 12.0. The molecule has 118 valence electrons. The van der Waals surface area contributed by atoms with Crippen molar-refractivity contribution < 1.29 is 9.53 Å². The van der Waals surface area contributed by atoms with Gasteiger partial charge in [-0.2, -0.15) is 0 Å². The Hall–Kier alpha value is -1.55. The molecule has 1 aromatic carbocycles. The topological polar surface area (TPSA) is 50.4 Å². The first kappa shape index (κ1) is 17.5. The van der Waals surface area contributed by atoms with E-state index in [9.17, 15) is 4.79 Å². The Kier molecular flexibility index (Phi) is 7.23. The number of methoxy groups -OCH3 is 1. The molecule has 21 heavy (non-hydrogen) atoms. The van der Waals surface area contributed by atoms with Crippen LogP contribution in [0.2, 0.25) is 0 Å². The van der Waals surface area contributed by atoms with Crippen LogP contribution in [0.5, 0.6) is 5.75 Å². The molecule has 0 aliphatic rings. The van der Waals surface area contributed by atoms with Gasteiger partial charge in [0.25, 0.3) is 0 Å². The molecule has 2 N–H and O–H groups in total. The Morgan fingerprint density at radius 2 is 1.81 bits per heavy atom.